The maximum absolute atomic E-state index is 13.7. The third-order valence-electron chi connectivity index (χ3n) is 4.14. The molecule has 22 heavy (non-hydrogen) atoms. The Kier molecular flexibility index (Phi) is 4.07. The predicted molar refractivity (Wildman–Crippen MR) is 81.9 cm³/mol. The molecular weight excluding hydrogens is 329 g/mol. The number of benzene rings is 1. The standard InChI is InChI=1S/C15H15ClFNO3S/c1-15-6-5-13(19)18(15)12(8-22-15)14(20)21-7-9-10(16)3-2-4-11(9)17/h2-4,12H,5-8H2,1H3/t12-,15-/m1/s1. The van der Waals surface area contributed by atoms with Crippen LogP contribution in [-0.4, -0.2) is 33.4 Å². The number of carbonyl (C=O) groups is 2. The van der Waals surface area contributed by atoms with Crippen LogP contribution in [0.4, 0.5) is 4.39 Å². The van der Waals surface area contributed by atoms with Gasteiger partial charge in [0, 0.05) is 17.7 Å². The predicted octanol–water partition coefficient (Wildman–Crippen LogP) is 2.98. The van der Waals surface area contributed by atoms with Gasteiger partial charge in [-0.2, -0.15) is 0 Å². The van der Waals surface area contributed by atoms with Gasteiger partial charge in [0.15, 0.2) is 0 Å². The van der Waals surface area contributed by atoms with E-state index in [0.717, 1.165) is 6.42 Å². The van der Waals surface area contributed by atoms with Crippen LogP contribution in [0.25, 0.3) is 0 Å². The zero-order valence-corrected chi connectivity index (χ0v) is 13.5. The maximum Gasteiger partial charge on any atom is 0.330 e. The van der Waals surface area contributed by atoms with Crippen molar-refractivity contribution in [1.82, 2.24) is 4.90 Å². The average molecular weight is 344 g/mol. The highest BCUT2D eigenvalue weighted by Gasteiger charge is 2.53. The van der Waals surface area contributed by atoms with Crippen LogP contribution in [0.2, 0.25) is 5.02 Å². The molecule has 2 aliphatic rings. The number of esters is 1. The zero-order valence-electron chi connectivity index (χ0n) is 12.0. The van der Waals surface area contributed by atoms with E-state index in [2.05, 4.69) is 0 Å². The van der Waals surface area contributed by atoms with Crippen LogP contribution in [0.1, 0.15) is 25.3 Å². The van der Waals surface area contributed by atoms with Gasteiger partial charge < -0.3 is 9.64 Å². The molecule has 2 aliphatic heterocycles. The Balaban J connectivity index is 1.69. The van der Waals surface area contributed by atoms with Crippen molar-refractivity contribution >= 4 is 35.2 Å². The Morgan fingerprint density at radius 1 is 1.59 bits per heavy atom. The van der Waals surface area contributed by atoms with E-state index in [9.17, 15) is 14.0 Å². The molecule has 0 unspecified atom stereocenters. The Labute approximate surface area is 136 Å². The summed E-state index contributed by atoms with van der Waals surface area (Å²) in [7, 11) is 0. The fraction of sp³-hybridized carbons (Fsp3) is 0.467. The second-order valence-corrected chi connectivity index (χ2v) is 7.48. The highest BCUT2D eigenvalue weighted by Crippen LogP contribution is 2.47. The van der Waals surface area contributed by atoms with Crippen molar-refractivity contribution in [2.24, 2.45) is 0 Å². The number of nitrogens with zero attached hydrogens (tertiary/aromatic N) is 1. The van der Waals surface area contributed by atoms with Gasteiger partial charge in [0.05, 0.1) is 9.89 Å². The van der Waals surface area contributed by atoms with Gasteiger partial charge in [-0.25, -0.2) is 9.18 Å². The summed E-state index contributed by atoms with van der Waals surface area (Å²) in [5.74, 6) is -0.543. The molecular formula is C15H15ClFNO3S. The second kappa shape index (κ2) is 5.74. The van der Waals surface area contributed by atoms with Crippen molar-refractivity contribution in [2.45, 2.75) is 37.3 Å². The molecule has 118 valence electrons. The summed E-state index contributed by atoms with van der Waals surface area (Å²) in [5, 5.41) is 0.218. The van der Waals surface area contributed by atoms with E-state index in [1.165, 1.54) is 12.1 Å². The Morgan fingerprint density at radius 2 is 2.36 bits per heavy atom. The van der Waals surface area contributed by atoms with Gasteiger partial charge in [0.25, 0.3) is 0 Å². The summed E-state index contributed by atoms with van der Waals surface area (Å²) in [5.41, 5.74) is 0.152. The van der Waals surface area contributed by atoms with E-state index < -0.39 is 17.8 Å². The van der Waals surface area contributed by atoms with Crippen molar-refractivity contribution in [3.8, 4) is 0 Å². The van der Waals surface area contributed by atoms with E-state index in [-0.39, 0.29) is 28.0 Å². The number of amides is 1. The Hall–Kier alpha value is -1.27. The van der Waals surface area contributed by atoms with Crippen LogP contribution in [0.5, 0.6) is 0 Å². The molecule has 0 aliphatic carbocycles. The minimum absolute atomic E-state index is 0.0293. The van der Waals surface area contributed by atoms with Gasteiger partial charge in [-0.05, 0) is 25.5 Å². The van der Waals surface area contributed by atoms with Crippen molar-refractivity contribution < 1.29 is 18.7 Å². The molecule has 2 atom stereocenters. The summed E-state index contributed by atoms with van der Waals surface area (Å²) < 4.78 is 18.9. The van der Waals surface area contributed by atoms with Crippen LogP contribution in [0.3, 0.4) is 0 Å². The summed E-state index contributed by atoms with van der Waals surface area (Å²) in [6.45, 7) is 1.73. The monoisotopic (exact) mass is 343 g/mol. The number of thioether (sulfide) groups is 1. The maximum atomic E-state index is 13.7. The van der Waals surface area contributed by atoms with Crippen LogP contribution < -0.4 is 0 Å². The largest absolute Gasteiger partial charge is 0.459 e. The summed E-state index contributed by atoms with van der Waals surface area (Å²) in [6, 6.07) is 3.70. The molecule has 4 nitrogen and oxygen atoms in total. The summed E-state index contributed by atoms with van der Waals surface area (Å²) in [6.07, 6.45) is 1.19. The molecule has 7 heteroatoms. The third kappa shape index (κ3) is 2.58. The molecule has 2 heterocycles. The molecule has 0 bridgehead atoms. The number of fused-ring (bicyclic) bond motifs is 1. The molecule has 0 N–H and O–H groups in total. The fourth-order valence-electron chi connectivity index (χ4n) is 2.90. The van der Waals surface area contributed by atoms with Gasteiger partial charge >= 0.3 is 5.97 Å². The van der Waals surface area contributed by atoms with Crippen LogP contribution >= 0.6 is 23.4 Å². The van der Waals surface area contributed by atoms with E-state index in [0.29, 0.717) is 12.2 Å². The lowest BCUT2D eigenvalue weighted by Gasteiger charge is -2.29. The van der Waals surface area contributed by atoms with Gasteiger partial charge in [-0.3, -0.25) is 4.79 Å². The first-order chi connectivity index (χ1) is 10.4. The molecule has 3 rings (SSSR count). The molecule has 0 radical (unpaired) electrons. The van der Waals surface area contributed by atoms with Crippen molar-refractivity contribution in [3.05, 3.63) is 34.6 Å². The Bertz CT molecular complexity index is 621. The number of carbonyl (C=O) groups excluding carboxylic acids is 2. The highest BCUT2D eigenvalue weighted by molar-refractivity contribution is 8.01. The van der Waals surface area contributed by atoms with E-state index >= 15 is 0 Å². The van der Waals surface area contributed by atoms with Crippen LogP contribution in [0, 0.1) is 5.82 Å². The molecule has 1 aromatic rings. The normalized spacial score (nSPS) is 27.1. The smallest absolute Gasteiger partial charge is 0.330 e. The molecule has 2 saturated heterocycles. The molecule has 0 aromatic heterocycles. The van der Waals surface area contributed by atoms with Gasteiger partial charge in [0.2, 0.25) is 5.91 Å². The quantitative estimate of drug-likeness (QED) is 0.792. The molecule has 1 amide bonds. The number of hydrogen-bond donors (Lipinski definition) is 0. The lowest BCUT2D eigenvalue weighted by atomic mass is 10.2. The minimum Gasteiger partial charge on any atom is -0.459 e. The SMILES string of the molecule is C[C@@]12CCC(=O)N1[C@@H](C(=O)OCc1c(F)cccc1Cl)CS2. The molecule has 0 spiro atoms. The number of ether oxygens (including phenoxy) is 1. The first kappa shape index (κ1) is 15.6. The van der Waals surface area contributed by atoms with Gasteiger partial charge in [-0.1, -0.05) is 17.7 Å². The van der Waals surface area contributed by atoms with Crippen molar-refractivity contribution in [3.63, 3.8) is 0 Å². The zero-order chi connectivity index (χ0) is 15.9. The topological polar surface area (TPSA) is 46.6 Å². The van der Waals surface area contributed by atoms with Crippen LogP contribution in [0.15, 0.2) is 18.2 Å². The number of halogens is 2. The minimum atomic E-state index is -0.601. The molecule has 2 fully saturated rings. The summed E-state index contributed by atoms with van der Waals surface area (Å²) in [4.78, 5) is 25.5. The fourth-order valence-corrected chi connectivity index (χ4v) is 4.54. The number of rotatable bonds is 3. The van der Waals surface area contributed by atoms with Crippen LogP contribution in [-0.2, 0) is 20.9 Å². The molecule has 0 saturated carbocycles. The second-order valence-electron chi connectivity index (χ2n) is 5.57. The van der Waals surface area contributed by atoms with E-state index in [4.69, 9.17) is 16.3 Å². The number of hydrogen-bond acceptors (Lipinski definition) is 4. The highest BCUT2D eigenvalue weighted by atomic mass is 35.5. The third-order valence-corrected chi connectivity index (χ3v) is 6.00. The van der Waals surface area contributed by atoms with Gasteiger partial charge in [-0.15, -0.1) is 11.8 Å². The first-order valence-electron chi connectivity index (χ1n) is 6.98. The Morgan fingerprint density at radius 3 is 3.09 bits per heavy atom. The lowest BCUT2D eigenvalue weighted by molar-refractivity contribution is -0.154. The van der Waals surface area contributed by atoms with E-state index in [1.807, 2.05) is 6.92 Å². The molecule has 1 aromatic carbocycles. The summed E-state index contributed by atoms with van der Waals surface area (Å²) >= 11 is 7.49. The first-order valence-corrected chi connectivity index (χ1v) is 8.34. The van der Waals surface area contributed by atoms with E-state index in [1.54, 1.807) is 22.7 Å². The van der Waals surface area contributed by atoms with Gasteiger partial charge in [0.1, 0.15) is 18.5 Å². The van der Waals surface area contributed by atoms with Crippen molar-refractivity contribution in [2.75, 3.05) is 5.75 Å². The van der Waals surface area contributed by atoms with Crippen molar-refractivity contribution in [1.29, 1.82) is 0 Å². The lowest BCUT2D eigenvalue weighted by Crippen LogP contribution is -2.46. The average Bonchev–Trinajstić information content (AvgIpc) is 2.95.